The minimum absolute atomic E-state index is 0.313. The highest BCUT2D eigenvalue weighted by Gasteiger charge is 2.32. The Kier molecular flexibility index (Phi) is 4.33. The summed E-state index contributed by atoms with van der Waals surface area (Å²) in [4.78, 5) is 8.61. The van der Waals surface area contributed by atoms with Gasteiger partial charge in [-0.25, -0.2) is 4.98 Å². The lowest BCUT2D eigenvalue weighted by atomic mass is 9.85. The summed E-state index contributed by atoms with van der Waals surface area (Å²) < 4.78 is 0. The standard InChI is InChI=1S/C15H27N3S/c1-10-7-16-13(15(4,5)6)8-18(10)9-14-17-11(2)12(3)19-14/h10,13,16H,7-9H2,1-6H3. The third-order valence-electron chi connectivity index (χ3n) is 4.16. The first-order valence-corrected chi connectivity index (χ1v) is 7.99. The molecule has 1 aromatic rings. The zero-order valence-electron chi connectivity index (χ0n) is 13.1. The predicted molar refractivity (Wildman–Crippen MR) is 82.7 cm³/mol. The van der Waals surface area contributed by atoms with E-state index in [1.165, 1.54) is 15.6 Å². The van der Waals surface area contributed by atoms with Crippen LogP contribution < -0.4 is 5.32 Å². The van der Waals surface area contributed by atoms with Crippen LogP contribution in [0, 0.1) is 19.3 Å². The molecule has 2 rings (SSSR count). The zero-order valence-corrected chi connectivity index (χ0v) is 13.9. The molecule has 108 valence electrons. The van der Waals surface area contributed by atoms with Gasteiger partial charge in [0.05, 0.1) is 12.2 Å². The van der Waals surface area contributed by atoms with Gasteiger partial charge >= 0.3 is 0 Å². The van der Waals surface area contributed by atoms with Crippen LogP contribution in [-0.4, -0.2) is 35.1 Å². The second-order valence-electron chi connectivity index (χ2n) is 6.85. The summed E-state index contributed by atoms with van der Waals surface area (Å²) in [5, 5.41) is 4.94. The Morgan fingerprint density at radius 2 is 2.05 bits per heavy atom. The highest BCUT2D eigenvalue weighted by molar-refractivity contribution is 7.11. The number of thiazole rings is 1. The van der Waals surface area contributed by atoms with E-state index in [1.807, 2.05) is 11.3 Å². The number of nitrogens with zero attached hydrogens (tertiary/aromatic N) is 2. The van der Waals surface area contributed by atoms with Crippen LogP contribution in [0.2, 0.25) is 0 Å². The first-order valence-electron chi connectivity index (χ1n) is 7.17. The lowest BCUT2D eigenvalue weighted by Crippen LogP contribution is -2.59. The first kappa shape index (κ1) is 14.9. The molecule has 2 heterocycles. The van der Waals surface area contributed by atoms with E-state index in [1.54, 1.807) is 0 Å². The van der Waals surface area contributed by atoms with E-state index in [2.05, 4.69) is 56.7 Å². The lowest BCUT2D eigenvalue weighted by Gasteiger charge is -2.43. The first-order chi connectivity index (χ1) is 8.77. The highest BCUT2D eigenvalue weighted by Crippen LogP contribution is 2.25. The number of nitrogens with one attached hydrogen (secondary N) is 1. The molecular weight excluding hydrogens is 254 g/mol. The van der Waals surface area contributed by atoms with Crippen LogP contribution in [0.1, 0.15) is 43.3 Å². The topological polar surface area (TPSA) is 28.2 Å². The Morgan fingerprint density at radius 3 is 2.58 bits per heavy atom. The molecule has 0 bridgehead atoms. The molecule has 0 radical (unpaired) electrons. The van der Waals surface area contributed by atoms with Crippen molar-refractivity contribution in [3.05, 3.63) is 15.6 Å². The van der Waals surface area contributed by atoms with Crippen LogP contribution in [0.15, 0.2) is 0 Å². The van der Waals surface area contributed by atoms with E-state index in [0.717, 1.165) is 19.6 Å². The number of aryl methyl sites for hydroxylation is 2. The van der Waals surface area contributed by atoms with Gasteiger partial charge in [0.15, 0.2) is 0 Å². The molecule has 1 aliphatic rings. The average molecular weight is 281 g/mol. The monoisotopic (exact) mass is 281 g/mol. The number of aromatic nitrogens is 1. The molecule has 0 spiro atoms. The molecule has 1 N–H and O–H groups in total. The van der Waals surface area contributed by atoms with Crippen LogP contribution in [0.5, 0.6) is 0 Å². The second-order valence-corrected chi connectivity index (χ2v) is 8.14. The Hall–Kier alpha value is -0.450. The molecule has 0 aromatic carbocycles. The summed E-state index contributed by atoms with van der Waals surface area (Å²) >= 11 is 1.85. The number of piperazine rings is 1. The molecule has 0 aliphatic carbocycles. The van der Waals surface area contributed by atoms with Crippen molar-refractivity contribution in [2.75, 3.05) is 13.1 Å². The van der Waals surface area contributed by atoms with Crippen molar-refractivity contribution in [1.29, 1.82) is 0 Å². The van der Waals surface area contributed by atoms with Crippen molar-refractivity contribution in [3.8, 4) is 0 Å². The predicted octanol–water partition coefficient (Wildman–Crippen LogP) is 2.97. The molecule has 2 unspecified atom stereocenters. The van der Waals surface area contributed by atoms with Gasteiger partial charge < -0.3 is 5.32 Å². The maximum absolute atomic E-state index is 4.68. The molecule has 0 amide bonds. The minimum atomic E-state index is 0.313. The summed E-state index contributed by atoms with van der Waals surface area (Å²) in [5.41, 5.74) is 1.50. The molecule has 1 aliphatic heterocycles. The van der Waals surface area contributed by atoms with E-state index >= 15 is 0 Å². The number of hydrogen-bond donors (Lipinski definition) is 1. The van der Waals surface area contributed by atoms with Crippen LogP contribution in [0.25, 0.3) is 0 Å². The van der Waals surface area contributed by atoms with E-state index < -0.39 is 0 Å². The van der Waals surface area contributed by atoms with Crippen molar-refractivity contribution >= 4 is 11.3 Å². The fraction of sp³-hybridized carbons (Fsp3) is 0.800. The summed E-state index contributed by atoms with van der Waals surface area (Å²) in [6.07, 6.45) is 0. The normalized spacial score (nSPS) is 25.8. The van der Waals surface area contributed by atoms with Crippen LogP contribution in [0.4, 0.5) is 0 Å². The fourth-order valence-corrected chi connectivity index (χ4v) is 3.46. The zero-order chi connectivity index (χ0) is 14.2. The SMILES string of the molecule is Cc1nc(CN2CC(C(C)(C)C)NCC2C)sc1C. The van der Waals surface area contributed by atoms with Crippen molar-refractivity contribution in [1.82, 2.24) is 15.2 Å². The lowest BCUT2D eigenvalue weighted by molar-refractivity contribution is 0.0876. The Bertz CT molecular complexity index is 414. The van der Waals surface area contributed by atoms with Crippen molar-refractivity contribution in [2.45, 2.75) is 60.2 Å². The summed E-state index contributed by atoms with van der Waals surface area (Å²) in [6, 6.07) is 1.15. The van der Waals surface area contributed by atoms with Crippen LogP contribution >= 0.6 is 11.3 Å². The van der Waals surface area contributed by atoms with E-state index in [-0.39, 0.29) is 0 Å². The number of hydrogen-bond acceptors (Lipinski definition) is 4. The summed E-state index contributed by atoms with van der Waals surface area (Å²) in [7, 11) is 0. The van der Waals surface area contributed by atoms with E-state index in [9.17, 15) is 0 Å². The van der Waals surface area contributed by atoms with Crippen molar-refractivity contribution in [3.63, 3.8) is 0 Å². The van der Waals surface area contributed by atoms with E-state index in [0.29, 0.717) is 17.5 Å². The Balaban J connectivity index is 2.05. The van der Waals surface area contributed by atoms with Gasteiger partial charge in [-0.15, -0.1) is 11.3 Å². The molecule has 1 aromatic heterocycles. The van der Waals surface area contributed by atoms with Crippen molar-refractivity contribution < 1.29 is 0 Å². The van der Waals surface area contributed by atoms with Crippen LogP contribution in [-0.2, 0) is 6.54 Å². The summed E-state index contributed by atoms with van der Waals surface area (Å²) in [5.74, 6) is 0. The van der Waals surface area contributed by atoms with Gasteiger partial charge in [-0.2, -0.15) is 0 Å². The van der Waals surface area contributed by atoms with Gasteiger partial charge in [0, 0.05) is 30.1 Å². The Morgan fingerprint density at radius 1 is 1.37 bits per heavy atom. The minimum Gasteiger partial charge on any atom is -0.311 e. The van der Waals surface area contributed by atoms with Gasteiger partial charge in [0.25, 0.3) is 0 Å². The van der Waals surface area contributed by atoms with E-state index in [4.69, 9.17) is 0 Å². The smallest absolute Gasteiger partial charge is 0.107 e. The van der Waals surface area contributed by atoms with Gasteiger partial charge in [-0.05, 0) is 26.2 Å². The molecule has 3 nitrogen and oxygen atoms in total. The molecule has 4 heteroatoms. The molecule has 1 saturated heterocycles. The maximum Gasteiger partial charge on any atom is 0.107 e. The van der Waals surface area contributed by atoms with Gasteiger partial charge in [-0.3, -0.25) is 4.90 Å². The maximum atomic E-state index is 4.68. The molecular formula is C15H27N3S. The second kappa shape index (κ2) is 5.51. The largest absolute Gasteiger partial charge is 0.311 e. The van der Waals surface area contributed by atoms with Gasteiger partial charge in [0.2, 0.25) is 0 Å². The number of rotatable bonds is 2. The van der Waals surface area contributed by atoms with Gasteiger partial charge in [0.1, 0.15) is 5.01 Å². The highest BCUT2D eigenvalue weighted by atomic mass is 32.1. The van der Waals surface area contributed by atoms with Gasteiger partial charge in [-0.1, -0.05) is 20.8 Å². The average Bonchev–Trinajstić information content (AvgIpc) is 2.59. The third kappa shape index (κ3) is 3.56. The molecule has 0 saturated carbocycles. The quantitative estimate of drug-likeness (QED) is 0.903. The molecule has 1 fully saturated rings. The third-order valence-corrected chi connectivity index (χ3v) is 5.21. The van der Waals surface area contributed by atoms with Crippen LogP contribution in [0.3, 0.4) is 0 Å². The Labute approximate surface area is 121 Å². The van der Waals surface area contributed by atoms with Crippen molar-refractivity contribution in [2.24, 2.45) is 5.41 Å². The molecule has 2 atom stereocenters. The molecule has 19 heavy (non-hydrogen) atoms. The summed E-state index contributed by atoms with van der Waals surface area (Å²) in [6.45, 7) is 16.7. The fourth-order valence-electron chi connectivity index (χ4n) is 2.50.